The summed E-state index contributed by atoms with van der Waals surface area (Å²) in [6, 6.07) is 17.6. The summed E-state index contributed by atoms with van der Waals surface area (Å²) in [7, 11) is 1.96. The second kappa shape index (κ2) is 9.79. The second-order valence-electron chi connectivity index (χ2n) is 9.78. The Kier molecular flexibility index (Phi) is 6.70. The SMILES string of the molecule is CCCCCn1c2c(c3ccc(OC)cc31)CN(S(=O)(=O)c1cccc3c(N(C)C)cccc13)CC2. The number of methoxy groups -OCH3 is 1. The van der Waals surface area contributed by atoms with Gasteiger partial charge in [-0.25, -0.2) is 8.42 Å². The van der Waals surface area contributed by atoms with Gasteiger partial charge >= 0.3 is 0 Å². The Morgan fingerprint density at radius 1 is 0.972 bits per heavy atom. The Morgan fingerprint density at radius 2 is 1.75 bits per heavy atom. The molecule has 0 N–H and O–H groups in total. The van der Waals surface area contributed by atoms with Crippen molar-refractivity contribution < 1.29 is 13.2 Å². The maximum Gasteiger partial charge on any atom is 0.244 e. The zero-order valence-electron chi connectivity index (χ0n) is 21.6. The smallest absolute Gasteiger partial charge is 0.244 e. The van der Waals surface area contributed by atoms with Gasteiger partial charge < -0.3 is 14.2 Å². The van der Waals surface area contributed by atoms with Crippen molar-refractivity contribution in [2.24, 2.45) is 0 Å². The molecule has 1 aliphatic rings. The Hall–Kier alpha value is -3.03. The molecule has 0 bridgehead atoms. The minimum Gasteiger partial charge on any atom is -0.497 e. The third kappa shape index (κ3) is 4.14. The van der Waals surface area contributed by atoms with Gasteiger partial charge in [0.1, 0.15) is 5.75 Å². The number of rotatable bonds is 8. The van der Waals surface area contributed by atoms with E-state index in [9.17, 15) is 8.42 Å². The highest BCUT2D eigenvalue weighted by atomic mass is 32.2. The topological polar surface area (TPSA) is 54.8 Å². The summed E-state index contributed by atoms with van der Waals surface area (Å²) < 4.78 is 37.6. The molecule has 4 aromatic rings. The summed E-state index contributed by atoms with van der Waals surface area (Å²) in [5.41, 5.74) is 4.52. The van der Waals surface area contributed by atoms with E-state index in [1.54, 1.807) is 17.5 Å². The van der Waals surface area contributed by atoms with Crippen LogP contribution in [-0.2, 0) is 29.5 Å². The molecule has 0 aliphatic carbocycles. The molecule has 0 unspecified atom stereocenters. The second-order valence-corrected chi connectivity index (χ2v) is 11.7. The van der Waals surface area contributed by atoms with Crippen LogP contribution in [0, 0.1) is 0 Å². The Labute approximate surface area is 214 Å². The van der Waals surface area contributed by atoms with E-state index in [1.807, 2.05) is 55.4 Å². The van der Waals surface area contributed by atoms with Crippen LogP contribution in [0.5, 0.6) is 5.75 Å². The first-order chi connectivity index (χ1) is 17.4. The van der Waals surface area contributed by atoms with Gasteiger partial charge in [-0.1, -0.05) is 44.0 Å². The first-order valence-electron chi connectivity index (χ1n) is 12.7. The lowest BCUT2D eigenvalue weighted by Gasteiger charge is -2.28. The van der Waals surface area contributed by atoms with Crippen LogP contribution in [0.25, 0.3) is 21.7 Å². The van der Waals surface area contributed by atoms with E-state index in [0.29, 0.717) is 24.4 Å². The van der Waals surface area contributed by atoms with Gasteiger partial charge in [0.2, 0.25) is 10.0 Å². The van der Waals surface area contributed by atoms with Crippen molar-refractivity contribution in [3.05, 3.63) is 65.9 Å². The highest BCUT2D eigenvalue weighted by Crippen LogP contribution is 2.37. The van der Waals surface area contributed by atoms with Crippen LogP contribution in [0.1, 0.15) is 37.4 Å². The number of aromatic nitrogens is 1. The van der Waals surface area contributed by atoms with E-state index in [-0.39, 0.29) is 0 Å². The van der Waals surface area contributed by atoms with Crippen molar-refractivity contribution in [1.29, 1.82) is 0 Å². The number of aryl methyl sites for hydroxylation is 1. The van der Waals surface area contributed by atoms with Crippen LogP contribution in [0.2, 0.25) is 0 Å². The summed E-state index contributed by atoms with van der Waals surface area (Å²) in [5.74, 6) is 0.825. The van der Waals surface area contributed by atoms with Crippen LogP contribution in [0.4, 0.5) is 5.69 Å². The molecule has 0 atom stereocenters. The summed E-state index contributed by atoms with van der Waals surface area (Å²) in [6.07, 6.45) is 4.15. The quantitative estimate of drug-likeness (QED) is 0.284. The summed E-state index contributed by atoms with van der Waals surface area (Å²) in [5, 5.41) is 2.83. The van der Waals surface area contributed by atoms with Gasteiger partial charge in [0.25, 0.3) is 0 Å². The molecule has 0 radical (unpaired) electrons. The third-order valence-corrected chi connectivity index (χ3v) is 9.27. The molecule has 190 valence electrons. The molecule has 0 amide bonds. The van der Waals surface area contributed by atoms with E-state index in [4.69, 9.17) is 4.74 Å². The molecule has 7 heteroatoms. The minimum absolute atomic E-state index is 0.375. The fourth-order valence-electron chi connectivity index (χ4n) is 5.53. The average molecular weight is 506 g/mol. The van der Waals surface area contributed by atoms with Crippen molar-refractivity contribution in [3.8, 4) is 5.75 Å². The molecule has 0 spiro atoms. The summed E-state index contributed by atoms with van der Waals surface area (Å²) >= 11 is 0. The predicted molar refractivity (Wildman–Crippen MR) is 148 cm³/mol. The molecule has 0 saturated carbocycles. The van der Waals surface area contributed by atoms with E-state index in [1.165, 1.54) is 12.1 Å². The largest absolute Gasteiger partial charge is 0.497 e. The van der Waals surface area contributed by atoms with Gasteiger partial charge in [0, 0.05) is 73.8 Å². The van der Waals surface area contributed by atoms with E-state index < -0.39 is 10.0 Å². The predicted octanol–water partition coefficient (Wildman–Crippen LogP) is 5.81. The van der Waals surface area contributed by atoms with Crippen LogP contribution < -0.4 is 9.64 Å². The minimum atomic E-state index is -3.69. The molecule has 6 nitrogen and oxygen atoms in total. The Morgan fingerprint density at radius 3 is 2.50 bits per heavy atom. The maximum atomic E-state index is 14.0. The van der Waals surface area contributed by atoms with E-state index in [2.05, 4.69) is 23.6 Å². The van der Waals surface area contributed by atoms with Crippen molar-refractivity contribution in [3.63, 3.8) is 0 Å². The van der Waals surface area contributed by atoms with Gasteiger partial charge in [-0.2, -0.15) is 4.31 Å². The maximum absolute atomic E-state index is 14.0. The Bertz CT molecular complexity index is 1520. The lowest BCUT2D eigenvalue weighted by Crippen LogP contribution is -2.36. The van der Waals surface area contributed by atoms with E-state index >= 15 is 0 Å². The number of fused-ring (bicyclic) bond motifs is 4. The molecule has 0 fully saturated rings. The fraction of sp³-hybridized carbons (Fsp3) is 0.379. The van der Waals surface area contributed by atoms with Crippen molar-refractivity contribution in [1.82, 2.24) is 8.87 Å². The summed E-state index contributed by atoms with van der Waals surface area (Å²) in [4.78, 5) is 2.40. The van der Waals surface area contributed by atoms with Gasteiger partial charge in [0.05, 0.1) is 17.5 Å². The van der Waals surface area contributed by atoms with Crippen molar-refractivity contribution in [2.45, 2.75) is 50.6 Å². The van der Waals surface area contributed by atoms with Gasteiger partial charge in [0.15, 0.2) is 0 Å². The molecule has 36 heavy (non-hydrogen) atoms. The van der Waals surface area contributed by atoms with Crippen LogP contribution in [0.3, 0.4) is 0 Å². The first-order valence-corrected chi connectivity index (χ1v) is 14.2. The summed E-state index contributed by atoms with van der Waals surface area (Å²) in [6.45, 7) is 4.01. The molecule has 1 aliphatic heterocycles. The average Bonchev–Trinajstić information content (AvgIpc) is 3.20. The molecule has 0 saturated heterocycles. The molecular formula is C29H35N3O3S. The monoisotopic (exact) mass is 505 g/mol. The molecule has 2 heterocycles. The van der Waals surface area contributed by atoms with Gasteiger partial charge in [-0.3, -0.25) is 0 Å². The first kappa shape index (κ1) is 24.7. The number of sulfonamides is 1. The van der Waals surface area contributed by atoms with Crippen molar-refractivity contribution >= 4 is 37.4 Å². The number of hydrogen-bond donors (Lipinski definition) is 0. The van der Waals surface area contributed by atoms with Gasteiger partial charge in [-0.05, 0) is 36.2 Å². The third-order valence-electron chi connectivity index (χ3n) is 7.37. The zero-order valence-corrected chi connectivity index (χ0v) is 22.4. The normalized spacial score (nSPS) is 14.3. The number of nitrogens with zero attached hydrogens (tertiary/aromatic N) is 3. The van der Waals surface area contributed by atoms with Crippen LogP contribution in [-0.4, -0.2) is 45.0 Å². The number of hydrogen-bond acceptors (Lipinski definition) is 4. The highest BCUT2D eigenvalue weighted by Gasteiger charge is 2.33. The van der Waals surface area contributed by atoms with Crippen LogP contribution >= 0.6 is 0 Å². The zero-order chi connectivity index (χ0) is 25.4. The highest BCUT2D eigenvalue weighted by molar-refractivity contribution is 7.89. The lowest BCUT2D eigenvalue weighted by molar-refractivity contribution is 0.385. The number of ether oxygens (including phenoxy) is 1. The molecular weight excluding hydrogens is 470 g/mol. The lowest BCUT2D eigenvalue weighted by atomic mass is 10.1. The van der Waals surface area contributed by atoms with Crippen molar-refractivity contribution in [2.75, 3.05) is 32.6 Å². The molecule has 1 aromatic heterocycles. The number of benzene rings is 3. The Balaban J connectivity index is 1.58. The number of anilines is 1. The standard InChI is InChI=1S/C29H35N3O3S/c1-5-6-7-17-32-27-16-18-31(20-25(27)23-15-14-21(35-4)19-28(23)32)36(33,34)29-13-9-10-22-24(29)11-8-12-26(22)30(2)3/h8-15,19H,5-7,16-18,20H2,1-4H3. The molecule has 5 rings (SSSR count). The van der Waals surface area contributed by atoms with Gasteiger partial charge in [-0.15, -0.1) is 0 Å². The number of unbranched alkanes of at least 4 members (excludes halogenated alkanes) is 2. The van der Waals surface area contributed by atoms with Crippen LogP contribution in [0.15, 0.2) is 59.5 Å². The van der Waals surface area contributed by atoms with E-state index in [0.717, 1.165) is 58.1 Å². The molecule has 3 aromatic carbocycles. The fourth-order valence-corrected chi connectivity index (χ4v) is 7.14.